The van der Waals surface area contributed by atoms with Gasteiger partial charge in [0.05, 0.1) is 19.4 Å². The third-order valence-electron chi connectivity index (χ3n) is 4.08. The van der Waals surface area contributed by atoms with Gasteiger partial charge in [-0.05, 0) is 30.3 Å². The highest BCUT2D eigenvalue weighted by molar-refractivity contribution is 6.38. The molecule has 0 saturated carbocycles. The van der Waals surface area contributed by atoms with Crippen LogP contribution in [0, 0.1) is 0 Å². The van der Waals surface area contributed by atoms with Crippen LogP contribution in [0.2, 0.25) is 5.02 Å². The molecule has 0 spiro atoms. The number of anilines is 1. The first-order chi connectivity index (χ1) is 13.2. The maximum absolute atomic E-state index is 12.2. The van der Waals surface area contributed by atoms with E-state index in [-0.39, 0.29) is 0 Å². The summed E-state index contributed by atoms with van der Waals surface area (Å²) in [6, 6.07) is 14.2. The first-order valence-electron chi connectivity index (χ1n) is 8.41. The largest absolute Gasteiger partial charge is 0.411 e. The number of nitrogens with zero attached hydrogens (tertiary/aromatic N) is 3. The van der Waals surface area contributed by atoms with Gasteiger partial charge in [0.2, 0.25) is 0 Å². The molecule has 3 rings (SSSR count). The summed E-state index contributed by atoms with van der Waals surface area (Å²) >= 11 is 5.89. The number of rotatable bonds is 5. The van der Waals surface area contributed by atoms with E-state index in [1.54, 1.807) is 24.3 Å². The minimum atomic E-state index is -0.411. The highest BCUT2D eigenvalue weighted by Crippen LogP contribution is 2.17. The second-order valence-corrected chi connectivity index (χ2v) is 6.28. The Bertz CT molecular complexity index is 846. The summed E-state index contributed by atoms with van der Waals surface area (Å²) in [7, 11) is 0. The standard InChI is InChI=1S/C19H19ClN4O3/c20-16-3-1-2-15(12-16)19(25)23-22-18(13-21-26)14-4-6-17(7-5-14)24-8-10-27-11-9-24/h1-7,12-13,26H,8-11H2,(H,23,25). The highest BCUT2D eigenvalue weighted by atomic mass is 35.5. The number of hydrogen-bond donors (Lipinski definition) is 2. The van der Waals surface area contributed by atoms with Gasteiger partial charge in [0.1, 0.15) is 5.71 Å². The number of morpholine rings is 1. The molecular weight excluding hydrogens is 368 g/mol. The monoisotopic (exact) mass is 386 g/mol. The Kier molecular flexibility index (Phi) is 6.40. The van der Waals surface area contributed by atoms with E-state index in [0.717, 1.165) is 18.8 Å². The van der Waals surface area contributed by atoms with E-state index in [0.29, 0.717) is 35.1 Å². The van der Waals surface area contributed by atoms with Crippen molar-refractivity contribution in [1.29, 1.82) is 0 Å². The van der Waals surface area contributed by atoms with E-state index in [9.17, 15) is 4.79 Å². The quantitative estimate of drug-likeness (QED) is 0.470. The fraction of sp³-hybridized carbons (Fsp3) is 0.211. The summed E-state index contributed by atoms with van der Waals surface area (Å²) in [5, 5.41) is 16.5. The normalized spacial score (nSPS) is 15.1. The number of oxime groups is 1. The number of amides is 1. The van der Waals surface area contributed by atoms with Gasteiger partial charge in [0.25, 0.3) is 5.91 Å². The minimum Gasteiger partial charge on any atom is -0.411 e. The van der Waals surface area contributed by atoms with Crippen LogP contribution in [0.1, 0.15) is 15.9 Å². The Hall–Kier alpha value is -2.90. The highest BCUT2D eigenvalue weighted by Gasteiger charge is 2.12. The van der Waals surface area contributed by atoms with Crippen LogP contribution in [0.15, 0.2) is 58.8 Å². The third-order valence-corrected chi connectivity index (χ3v) is 4.32. The molecule has 0 aliphatic carbocycles. The zero-order valence-electron chi connectivity index (χ0n) is 14.5. The molecule has 1 fully saturated rings. The van der Waals surface area contributed by atoms with Gasteiger partial charge in [-0.3, -0.25) is 4.79 Å². The number of hydrogen-bond acceptors (Lipinski definition) is 6. The zero-order chi connectivity index (χ0) is 19.1. The summed E-state index contributed by atoms with van der Waals surface area (Å²) < 4.78 is 5.36. The fourth-order valence-electron chi connectivity index (χ4n) is 2.69. The van der Waals surface area contributed by atoms with Crippen LogP contribution in [0.25, 0.3) is 0 Å². The Balaban J connectivity index is 1.74. The van der Waals surface area contributed by atoms with E-state index in [1.807, 2.05) is 24.3 Å². The number of halogens is 1. The third kappa shape index (κ3) is 5.06. The molecule has 8 heteroatoms. The minimum absolute atomic E-state index is 0.321. The van der Waals surface area contributed by atoms with Crippen molar-refractivity contribution >= 4 is 35.1 Å². The molecule has 2 aromatic rings. The molecule has 2 N–H and O–H groups in total. The maximum atomic E-state index is 12.2. The molecule has 1 aliphatic heterocycles. The Labute approximate surface area is 161 Å². The summed E-state index contributed by atoms with van der Waals surface area (Å²) in [6.07, 6.45) is 1.17. The molecule has 1 heterocycles. The second-order valence-electron chi connectivity index (χ2n) is 5.84. The Morgan fingerprint density at radius 3 is 2.56 bits per heavy atom. The number of benzene rings is 2. The number of hydrazone groups is 1. The first-order valence-corrected chi connectivity index (χ1v) is 8.79. The SMILES string of the molecule is O=C(NN=C(C=NO)c1ccc(N2CCOCC2)cc1)c1cccc(Cl)c1. The van der Waals surface area contributed by atoms with E-state index < -0.39 is 5.91 Å². The van der Waals surface area contributed by atoms with Gasteiger partial charge in [0, 0.05) is 34.9 Å². The van der Waals surface area contributed by atoms with Crippen LogP contribution in [0.3, 0.4) is 0 Å². The first kappa shape index (κ1) is 18.9. The lowest BCUT2D eigenvalue weighted by atomic mass is 10.1. The molecular formula is C19H19ClN4O3. The van der Waals surface area contributed by atoms with Crippen molar-refractivity contribution in [1.82, 2.24) is 5.43 Å². The fourth-order valence-corrected chi connectivity index (χ4v) is 2.88. The Morgan fingerprint density at radius 2 is 1.89 bits per heavy atom. The van der Waals surface area contributed by atoms with Crippen molar-refractivity contribution in [2.45, 2.75) is 0 Å². The van der Waals surface area contributed by atoms with Crippen LogP contribution in [0.5, 0.6) is 0 Å². The number of carbonyl (C=O) groups excluding carboxylic acids is 1. The van der Waals surface area contributed by atoms with Crippen molar-refractivity contribution in [2.24, 2.45) is 10.3 Å². The lowest BCUT2D eigenvalue weighted by molar-refractivity contribution is 0.0955. The van der Waals surface area contributed by atoms with Gasteiger partial charge in [-0.15, -0.1) is 0 Å². The number of nitrogens with one attached hydrogen (secondary N) is 1. The molecule has 1 saturated heterocycles. The topological polar surface area (TPSA) is 86.5 Å². The summed E-state index contributed by atoms with van der Waals surface area (Å²) in [4.78, 5) is 14.4. The predicted molar refractivity (Wildman–Crippen MR) is 105 cm³/mol. The predicted octanol–water partition coefficient (Wildman–Crippen LogP) is 2.77. The van der Waals surface area contributed by atoms with Crippen molar-refractivity contribution in [3.63, 3.8) is 0 Å². The molecule has 1 amide bonds. The van der Waals surface area contributed by atoms with Crippen LogP contribution < -0.4 is 10.3 Å². The summed E-state index contributed by atoms with van der Waals surface area (Å²) in [6.45, 7) is 3.10. The van der Waals surface area contributed by atoms with Gasteiger partial charge < -0.3 is 14.8 Å². The molecule has 0 atom stereocenters. The smallest absolute Gasteiger partial charge is 0.271 e. The van der Waals surface area contributed by atoms with E-state index in [2.05, 4.69) is 20.6 Å². The molecule has 0 aromatic heterocycles. The molecule has 140 valence electrons. The van der Waals surface area contributed by atoms with Crippen LogP contribution in [0.4, 0.5) is 5.69 Å². The van der Waals surface area contributed by atoms with Gasteiger partial charge >= 0.3 is 0 Å². The van der Waals surface area contributed by atoms with Crippen LogP contribution in [-0.4, -0.2) is 49.3 Å². The van der Waals surface area contributed by atoms with Crippen molar-refractivity contribution in [3.05, 3.63) is 64.7 Å². The number of carbonyl (C=O) groups is 1. The Morgan fingerprint density at radius 1 is 1.15 bits per heavy atom. The van der Waals surface area contributed by atoms with E-state index in [1.165, 1.54) is 6.21 Å². The van der Waals surface area contributed by atoms with Crippen LogP contribution >= 0.6 is 11.6 Å². The molecule has 1 aliphatic rings. The lowest BCUT2D eigenvalue weighted by Gasteiger charge is -2.28. The number of ether oxygens (including phenoxy) is 1. The van der Waals surface area contributed by atoms with E-state index >= 15 is 0 Å². The average Bonchev–Trinajstić information content (AvgIpc) is 2.72. The van der Waals surface area contributed by atoms with Gasteiger partial charge in [-0.1, -0.05) is 35.0 Å². The lowest BCUT2D eigenvalue weighted by Crippen LogP contribution is -2.36. The van der Waals surface area contributed by atoms with Crippen molar-refractivity contribution < 1.29 is 14.7 Å². The van der Waals surface area contributed by atoms with E-state index in [4.69, 9.17) is 21.5 Å². The van der Waals surface area contributed by atoms with Gasteiger partial charge in [-0.2, -0.15) is 5.10 Å². The molecule has 2 aromatic carbocycles. The molecule has 0 radical (unpaired) electrons. The molecule has 0 unspecified atom stereocenters. The second kappa shape index (κ2) is 9.16. The summed E-state index contributed by atoms with van der Waals surface area (Å²) in [5.41, 5.74) is 4.93. The molecule has 27 heavy (non-hydrogen) atoms. The zero-order valence-corrected chi connectivity index (χ0v) is 15.3. The van der Waals surface area contributed by atoms with Gasteiger partial charge in [-0.25, -0.2) is 5.43 Å². The maximum Gasteiger partial charge on any atom is 0.271 e. The average molecular weight is 387 g/mol. The summed E-state index contributed by atoms with van der Waals surface area (Å²) in [5.74, 6) is -0.411. The van der Waals surface area contributed by atoms with Gasteiger partial charge in [0.15, 0.2) is 0 Å². The van der Waals surface area contributed by atoms with Crippen LogP contribution in [-0.2, 0) is 4.74 Å². The van der Waals surface area contributed by atoms with Crippen molar-refractivity contribution in [2.75, 3.05) is 31.2 Å². The van der Waals surface area contributed by atoms with Crippen molar-refractivity contribution in [3.8, 4) is 0 Å². The molecule has 0 bridgehead atoms. The molecule has 7 nitrogen and oxygen atoms in total.